The Morgan fingerprint density at radius 3 is 3.00 bits per heavy atom. The molecule has 16 heavy (non-hydrogen) atoms. The van der Waals surface area contributed by atoms with Crippen molar-refractivity contribution in [3.05, 3.63) is 24.0 Å². The molecule has 1 N–H and O–H groups in total. The van der Waals surface area contributed by atoms with E-state index in [2.05, 4.69) is 5.32 Å². The third-order valence-corrected chi connectivity index (χ3v) is 3.52. The van der Waals surface area contributed by atoms with E-state index in [-0.39, 0.29) is 11.9 Å². The van der Waals surface area contributed by atoms with Gasteiger partial charge in [-0.2, -0.15) is 0 Å². The largest absolute Gasteiger partial charge is 0.486 e. The van der Waals surface area contributed by atoms with Crippen LogP contribution in [0.1, 0.15) is 32.1 Å². The second kappa shape index (κ2) is 3.96. The van der Waals surface area contributed by atoms with Crippen molar-refractivity contribution in [1.82, 2.24) is 0 Å². The minimum atomic E-state index is -0.229. The molecule has 2 aliphatic rings. The highest BCUT2D eigenvalue weighted by Gasteiger charge is 2.30. The van der Waals surface area contributed by atoms with E-state index in [4.69, 9.17) is 4.74 Å². The molecule has 1 fully saturated rings. The molecule has 1 saturated carbocycles. The molecule has 0 spiro atoms. The maximum Gasteiger partial charge on any atom is 0.145 e. The molecule has 3 heteroatoms. The number of hydrogen-bond acceptors (Lipinski definition) is 2. The summed E-state index contributed by atoms with van der Waals surface area (Å²) in [4.78, 5) is 0. The van der Waals surface area contributed by atoms with E-state index in [0.29, 0.717) is 11.8 Å². The van der Waals surface area contributed by atoms with Crippen molar-refractivity contribution in [3.8, 4) is 5.75 Å². The minimum absolute atomic E-state index is 0.219. The van der Waals surface area contributed by atoms with Gasteiger partial charge < -0.3 is 10.1 Å². The number of nitrogens with one attached hydrogen (secondary N) is 1. The molecule has 86 valence electrons. The second-order valence-corrected chi connectivity index (χ2v) is 4.69. The molecule has 0 aromatic heterocycles. The van der Waals surface area contributed by atoms with Crippen LogP contribution in [0.4, 0.5) is 10.1 Å². The predicted octanol–water partition coefficient (Wildman–Crippen LogP) is 3.33. The fraction of sp³-hybridized carbons (Fsp3) is 0.538. The first kappa shape index (κ1) is 9.94. The molecule has 3 rings (SSSR count). The van der Waals surface area contributed by atoms with Crippen molar-refractivity contribution in [1.29, 1.82) is 0 Å². The first-order chi connectivity index (χ1) is 7.83. The summed E-state index contributed by atoms with van der Waals surface area (Å²) in [6.45, 7) is 0. The van der Waals surface area contributed by atoms with Gasteiger partial charge in [0.25, 0.3) is 0 Å². The summed E-state index contributed by atoms with van der Waals surface area (Å²) in [6, 6.07) is 5.13. The number of rotatable bonds is 0. The highest BCUT2D eigenvalue weighted by atomic mass is 19.1. The fourth-order valence-electron chi connectivity index (χ4n) is 2.66. The molecule has 0 saturated heterocycles. The summed E-state index contributed by atoms with van der Waals surface area (Å²) < 4.78 is 19.0. The van der Waals surface area contributed by atoms with Gasteiger partial charge in [0.15, 0.2) is 0 Å². The van der Waals surface area contributed by atoms with E-state index in [1.807, 2.05) is 0 Å². The Morgan fingerprint density at radius 2 is 2.06 bits per heavy atom. The predicted molar refractivity (Wildman–Crippen MR) is 61.3 cm³/mol. The zero-order chi connectivity index (χ0) is 11.0. The summed E-state index contributed by atoms with van der Waals surface area (Å²) >= 11 is 0. The summed E-state index contributed by atoms with van der Waals surface area (Å²) in [6.07, 6.45) is 6.20. The van der Waals surface area contributed by atoms with Gasteiger partial charge in [-0.25, -0.2) is 4.39 Å². The van der Waals surface area contributed by atoms with Gasteiger partial charge in [0.2, 0.25) is 0 Å². The van der Waals surface area contributed by atoms with E-state index >= 15 is 0 Å². The molecule has 1 aliphatic carbocycles. The van der Waals surface area contributed by atoms with Crippen LogP contribution in [0.2, 0.25) is 0 Å². The molecule has 2 nitrogen and oxygen atoms in total. The van der Waals surface area contributed by atoms with Gasteiger partial charge in [0.05, 0.1) is 11.7 Å². The SMILES string of the molecule is Fc1ccc2c(c1)OC1CCCCCC1N2. The smallest absolute Gasteiger partial charge is 0.145 e. The third-order valence-electron chi connectivity index (χ3n) is 3.52. The zero-order valence-corrected chi connectivity index (χ0v) is 9.21. The number of anilines is 1. The van der Waals surface area contributed by atoms with Crippen molar-refractivity contribution < 1.29 is 9.13 Å². The molecule has 1 aromatic carbocycles. The average molecular weight is 221 g/mol. The zero-order valence-electron chi connectivity index (χ0n) is 9.21. The number of hydrogen-bond donors (Lipinski definition) is 1. The van der Waals surface area contributed by atoms with Gasteiger partial charge >= 0.3 is 0 Å². The van der Waals surface area contributed by atoms with Crippen molar-refractivity contribution in [2.45, 2.75) is 44.2 Å². The molecular formula is C13H16FNO. The Balaban J connectivity index is 1.89. The third kappa shape index (κ3) is 1.75. The topological polar surface area (TPSA) is 21.3 Å². The Bertz CT molecular complexity index is 394. The van der Waals surface area contributed by atoms with Gasteiger partial charge in [-0.3, -0.25) is 0 Å². The molecule has 2 unspecified atom stereocenters. The van der Waals surface area contributed by atoms with Crippen molar-refractivity contribution >= 4 is 5.69 Å². The van der Waals surface area contributed by atoms with Gasteiger partial charge in [-0.15, -0.1) is 0 Å². The van der Waals surface area contributed by atoms with Gasteiger partial charge in [0, 0.05) is 6.07 Å². The molecular weight excluding hydrogens is 205 g/mol. The monoisotopic (exact) mass is 221 g/mol. The molecule has 1 aliphatic heterocycles. The first-order valence-electron chi connectivity index (χ1n) is 6.06. The average Bonchev–Trinajstić information content (AvgIpc) is 2.50. The molecule has 0 amide bonds. The quantitative estimate of drug-likeness (QED) is 0.725. The highest BCUT2D eigenvalue weighted by Crippen LogP contribution is 2.36. The summed E-state index contributed by atoms with van der Waals surface area (Å²) in [5.41, 5.74) is 0.935. The maximum atomic E-state index is 13.1. The lowest BCUT2D eigenvalue weighted by Gasteiger charge is -2.34. The van der Waals surface area contributed by atoms with E-state index < -0.39 is 0 Å². The van der Waals surface area contributed by atoms with Crippen LogP contribution in [-0.4, -0.2) is 12.1 Å². The summed E-state index contributed by atoms with van der Waals surface area (Å²) in [5.74, 6) is 0.441. The summed E-state index contributed by atoms with van der Waals surface area (Å²) in [5, 5.41) is 3.47. The number of ether oxygens (including phenoxy) is 1. The normalized spacial score (nSPS) is 28.1. The maximum absolute atomic E-state index is 13.1. The fourth-order valence-corrected chi connectivity index (χ4v) is 2.66. The number of halogens is 1. The Morgan fingerprint density at radius 1 is 1.19 bits per heavy atom. The molecule has 1 aromatic rings. The van der Waals surface area contributed by atoms with Crippen LogP contribution < -0.4 is 10.1 Å². The van der Waals surface area contributed by atoms with E-state index in [9.17, 15) is 4.39 Å². The molecule has 1 heterocycles. The van der Waals surface area contributed by atoms with Crippen LogP contribution in [0, 0.1) is 5.82 Å². The Kier molecular flexibility index (Phi) is 2.46. The van der Waals surface area contributed by atoms with Crippen LogP contribution in [0.15, 0.2) is 18.2 Å². The van der Waals surface area contributed by atoms with Gasteiger partial charge in [-0.05, 0) is 31.4 Å². The van der Waals surface area contributed by atoms with Crippen molar-refractivity contribution in [2.24, 2.45) is 0 Å². The lowest BCUT2D eigenvalue weighted by Crippen LogP contribution is -2.40. The van der Waals surface area contributed by atoms with E-state index in [1.54, 1.807) is 6.07 Å². The Labute approximate surface area is 94.8 Å². The minimum Gasteiger partial charge on any atom is -0.486 e. The number of fused-ring (bicyclic) bond motifs is 2. The standard InChI is InChI=1S/C13H16FNO/c14-9-6-7-11-13(8-9)16-12-5-3-1-2-4-10(12)15-11/h6-8,10,12,15H,1-5H2. The van der Waals surface area contributed by atoms with Crippen LogP contribution in [0.25, 0.3) is 0 Å². The second-order valence-electron chi connectivity index (χ2n) is 4.69. The van der Waals surface area contributed by atoms with Crippen LogP contribution in [0.3, 0.4) is 0 Å². The van der Waals surface area contributed by atoms with Crippen LogP contribution >= 0.6 is 0 Å². The van der Waals surface area contributed by atoms with Crippen LogP contribution in [0.5, 0.6) is 5.75 Å². The van der Waals surface area contributed by atoms with Crippen molar-refractivity contribution in [3.63, 3.8) is 0 Å². The Hall–Kier alpha value is -1.25. The highest BCUT2D eigenvalue weighted by molar-refractivity contribution is 5.58. The lowest BCUT2D eigenvalue weighted by molar-refractivity contribution is 0.160. The van der Waals surface area contributed by atoms with Crippen molar-refractivity contribution in [2.75, 3.05) is 5.32 Å². The number of benzene rings is 1. The molecule has 0 radical (unpaired) electrons. The first-order valence-corrected chi connectivity index (χ1v) is 6.06. The van der Waals surface area contributed by atoms with E-state index in [1.165, 1.54) is 31.4 Å². The molecule has 2 atom stereocenters. The lowest BCUT2D eigenvalue weighted by atomic mass is 10.0. The summed E-state index contributed by atoms with van der Waals surface area (Å²) in [7, 11) is 0. The molecule has 0 bridgehead atoms. The van der Waals surface area contributed by atoms with Crippen LogP contribution in [-0.2, 0) is 0 Å². The van der Waals surface area contributed by atoms with Gasteiger partial charge in [0.1, 0.15) is 17.7 Å². The van der Waals surface area contributed by atoms with Gasteiger partial charge in [-0.1, -0.05) is 12.8 Å². The van der Waals surface area contributed by atoms with E-state index in [0.717, 1.165) is 18.5 Å².